The number of halogens is 1. The molecular formula is C13H10FN3O. The van der Waals surface area contributed by atoms with Gasteiger partial charge in [0.15, 0.2) is 0 Å². The van der Waals surface area contributed by atoms with E-state index < -0.39 is 5.82 Å². The normalized spacial score (nSPS) is 9.83. The SMILES string of the molecule is Cc1cnc(Oc2cccc(F)c2C#N)c(N)c1. The van der Waals surface area contributed by atoms with E-state index in [2.05, 4.69) is 4.98 Å². The molecule has 18 heavy (non-hydrogen) atoms. The summed E-state index contributed by atoms with van der Waals surface area (Å²) in [5.41, 5.74) is 6.79. The lowest BCUT2D eigenvalue weighted by Gasteiger charge is -2.09. The molecule has 0 unspecified atom stereocenters. The summed E-state index contributed by atoms with van der Waals surface area (Å²) in [7, 11) is 0. The fraction of sp³-hybridized carbons (Fsp3) is 0.0769. The third-order valence-electron chi connectivity index (χ3n) is 2.31. The molecule has 0 bridgehead atoms. The summed E-state index contributed by atoms with van der Waals surface area (Å²) in [6.07, 6.45) is 1.58. The smallest absolute Gasteiger partial charge is 0.242 e. The number of anilines is 1. The minimum atomic E-state index is -0.638. The van der Waals surface area contributed by atoms with Crippen molar-refractivity contribution < 1.29 is 9.13 Å². The standard InChI is InChI=1S/C13H10FN3O/c1-8-5-11(16)13(17-7-8)18-12-4-2-3-10(14)9(12)6-15/h2-5,7H,16H2,1H3. The Morgan fingerprint density at radius 2 is 2.22 bits per heavy atom. The molecule has 90 valence electrons. The largest absolute Gasteiger partial charge is 0.436 e. The maximum atomic E-state index is 13.4. The van der Waals surface area contributed by atoms with Crippen molar-refractivity contribution in [2.24, 2.45) is 0 Å². The second-order valence-electron chi connectivity index (χ2n) is 3.73. The van der Waals surface area contributed by atoms with Gasteiger partial charge in [-0.3, -0.25) is 0 Å². The van der Waals surface area contributed by atoms with Crippen LogP contribution in [0.4, 0.5) is 10.1 Å². The van der Waals surface area contributed by atoms with E-state index in [1.54, 1.807) is 18.3 Å². The highest BCUT2D eigenvalue weighted by atomic mass is 19.1. The monoisotopic (exact) mass is 243 g/mol. The molecule has 0 aliphatic rings. The summed E-state index contributed by atoms with van der Waals surface area (Å²) < 4.78 is 18.7. The molecule has 2 rings (SSSR count). The van der Waals surface area contributed by atoms with E-state index in [0.717, 1.165) is 5.56 Å². The van der Waals surface area contributed by atoms with Crippen LogP contribution in [-0.2, 0) is 0 Å². The van der Waals surface area contributed by atoms with Gasteiger partial charge in [0, 0.05) is 6.20 Å². The molecule has 0 radical (unpaired) electrons. The molecule has 0 spiro atoms. The molecule has 0 saturated heterocycles. The van der Waals surface area contributed by atoms with Crippen molar-refractivity contribution >= 4 is 5.69 Å². The molecule has 0 amide bonds. The van der Waals surface area contributed by atoms with Crippen LogP contribution in [0.25, 0.3) is 0 Å². The lowest BCUT2D eigenvalue weighted by atomic mass is 10.2. The van der Waals surface area contributed by atoms with E-state index in [-0.39, 0.29) is 17.2 Å². The van der Waals surface area contributed by atoms with Gasteiger partial charge in [-0.15, -0.1) is 0 Å². The Labute approximate surface area is 103 Å². The Balaban J connectivity index is 2.41. The van der Waals surface area contributed by atoms with E-state index in [1.807, 2.05) is 6.92 Å². The molecule has 2 N–H and O–H groups in total. The predicted molar refractivity (Wildman–Crippen MR) is 64.6 cm³/mol. The third kappa shape index (κ3) is 2.23. The molecule has 4 nitrogen and oxygen atoms in total. The van der Waals surface area contributed by atoms with Gasteiger partial charge < -0.3 is 10.5 Å². The zero-order valence-corrected chi connectivity index (χ0v) is 9.64. The van der Waals surface area contributed by atoms with Gasteiger partial charge in [0.1, 0.15) is 23.2 Å². The number of nitriles is 1. The zero-order chi connectivity index (χ0) is 13.1. The van der Waals surface area contributed by atoms with Crippen LogP contribution in [0, 0.1) is 24.1 Å². The van der Waals surface area contributed by atoms with E-state index in [9.17, 15) is 4.39 Å². The Morgan fingerprint density at radius 1 is 1.44 bits per heavy atom. The number of nitrogens with two attached hydrogens (primary N) is 1. The summed E-state index contributed by atoms with van der Waals surface area (Å²) in [4.78, 5) is 4.00. The average molecular weight is 243 g/mol. The van der Waals surface area contributed by atoms with Crippen LogP contribution in [0.2, 0.25) is 0 Å². The fourth-order valence-corrected chi connectivity index (χ4v) is 1.47. The van der Waals surface area contributed by atoms with Crippen molar-refractivity contribution in [3.8, 4) is 17.7 Å². The molecular weight excluding hydrogens is 233 g/mol. The highest BCUT2D eigenvalue weighted by molar-refractivity contribution is 5.53. The van der Waals surface area contributed by atoms with Crippen LogP contribution in [-0.4, -0.2) is 4.98 Å². The first-order chi connectivity index (χ1) is 8.61. The van der Waals surface area contributed by atoms with E-state index in [1.165, 1.54) is 18.2 Å². The third-order valence-corrected chi connectivity index (χ3v) is 2.31. The number of rotatable bonds is 2. The maximum absolute atomic E-state index is 13.4. The van der Waals surface area contributed by atoms with Crippen molar-refractivity contribution in [3.05, 3.63) is 47.4 Å². The topological polar surface area (TPSA) is 71.9 Å². The first-order valence-electron chi connectivity index (χ1n) is 5.20. The molecule has 1 heterocycles. The van der Waals surface area contributed by atoms with Gasteiger partial charge in [0.25, 0.3) is 0 Å². The Hall–Kier alpha value is -2.61. The molecule has 0 atom stereocenters. The first kappa shape index (κ1) is 11.9. The van der Waals surface area contributed by atoms with Crippen LogP contribution in [0.3, 0.4) is 0 Å². The number of hydrogen-bond donors (Lipinski definition) is 1. The number of hydrogen-bond acceptors (Lipinski definition) is 4. The van der Waals surface area contributed by atoms with Gasteiger partial charge in [0.2, 0.25) is 5.88 Å². The molecule has 0 aliphatic carbocycles. The summed E-state index contributed by atoms with van der Waals surface area (Å²) >= 11 is 0. The van der Waals surface area contributed by atoms with Crippen LogP contribution < -0.4 is 10.5 Å². The highest BCUT2D eigenvalue weighted by Gasteiger charge is 2.11. The van der Waals surface area contributed by atoms with Crippen molar-refractivity contribution in [3.63, 3.8) is 0 Å². The summed E-state index contributed by atoms with van der Waals surface area (Å²) in [5, 5.41) is 8.87. The number of aromatic nitrogens is 1. The number of ether oxygens (including phenoxy) is 1. The minimum absolute atomic E-state index is 0.0977. The van der Waals surface area contributed by atoms with Crippen molar-refractivity contribution in [2.45, 2.75) is 6.92 Å². The Morgan fingerprint density at radius 3 is 2.89 bits per heavy atom. The van der Waals surface area contributed by atoms with Crippen LogP contribution in [0.15, 0.2) is 30.5 Å². The summed E-state index contributed by atoms with van der Waals surface area (Å²) in [5.74, 6) is -0.385. The van der Waals surface area contributed by atoms with Crippen molar-refractivity contribution in [2.75, 3.05) is 5.73 Å². The van der Waals surface area contributed by atoms with Crippen LogP contribution in [0.5, 0.6) is 11.6 Å². The summed E-state index contributed by atoms with van der Waals surface area (Å²) in [6.45, 7) is 1.84. The summed E-state index contributed by atoms with van der Waals surface area (Å²) in [6, 6.07) is 7.57. The van der Waals surface area contributed by atoms with E-state index in [4.69, 9.17) is 15.7 Å². The molecule has 5 heteroatoms. The van der Waals surface area contributed by atoms with Crippen LogP contribution in [0.1, 0.15) is 11.1 Å². The predicted octanol–water partition coefficient (Wildman–Crippen LogP) is 2.78. The number of nitrogens with zero attached hydrogens (tertiary/aromatic N) is 2. The van der Waals surface area contributed by atoms with Gasteiger partial charge in [-0.2, -0.15) is 5.26 Å². The van der Waals surface area contributed by atoms with Crippen molar-refractivity contribution in [1.82, 2.24) is 4.98 Å². The number of aryl methyl sites for hydroxylation is 1. The van der Waals surface area contributed by atoms with Gasteiger partial charge in [-0.05, 0) is 30.7 Å². The average Bonchev–Trinajstić information content (AvgIpc) is 2.33. The van der Waals surface area contributed by atoms with Gasteiger partial charge in [-0.25, -0.2) is 9.37 Å². The number of pyridine rings is 1. The second kappa shape index (κ2) is 4.72. The first-order valence-corrected chi connectivity index (χ1v) is 5.20. The Kier molecular flexibility index (Phi) is 3.11. The van der Waals surface area contributed by atoms with Gasteiger partial charge in [0.05, 0.1) is 5.69 Å². The lowest BCUT2D eigenvalue weighted by Crippen LogP contribution is -1.98. The fourth-order valence-electron chi connectivity index (χ4n) is 1.47. The second-order valence-corrected chi connectivity index (χ2v) is 3.73. The molecule has 0 saturated carbocycles. The molecule has 0 fully saturated rings. The quantitative estimate of drug-likeness (QED) is 0.880. The van der Waals surface area contributed by atoms with Gasteiger partial charge >= 0.3 is 0 Å². The highest BCUT2D eigenvalue weighted by Crippen LogP contribution is 2.28. The molecule has 0 aliphatic heterocycles. The van der Waals surface area contributed by atoms with Crippen molar-refractivity contribution in [1.29, 1.82) is 5.26 Å². The maximum Gasteiger partial charge on any atom is 0.242 e. The molecule has 1 aromatic carbocycles. The Bertz CT molecular complexity index is 635. The van der Waals surface area contributed by atoms with E-state index in [0.29, 0.717) is 5.69 Å². The minimum Gasteiger partial charge on any atom is -0.436 e. The molecule has 2 aromatic rings. The lowest BCUT2D eigenvalue weighted by molar-refractivity contribution is 0.458. The van der Waals surface area contributed by atoms with Gasteiger partial charge in [-0.1, -0.05) is 6.07 Å². The number of nitrogen functional groups attached to an aromatic ring is 1. The van der Waals surface area contributed by atoms with Crippen LogP contribution >= 0.6 is 0 Å². The zero-order valence-electron chi connectivity index (χ0n) is 9.64. The van der Waals surface area contributed by atoms with E-state index >= 15 is 0 Å². The molecule has 1 aromatic heterocycles. The number of benzene rings is 1.